The first-order valence-corrected chi connectivity index (χ1v) is 7.92. The summed E-state index contributed by atoms with van der Waals surface area (Å²) in [6.45, 7) is 7.40. The summed E-state index contributed by atoms with van der Waals surface area (Å²) in [5.74, 6) is -1.51. The highest BCUT2D eigenvalue weighted by Gasteiger charge is 2.80. The van der Waals surface area contributed by atoms with E-state index in [9.17, 15) is 14.4 Å². The minimum atomic E-state index is -0.678. The summed E-state index contributed by atoms with van der Waals surface area (Å²) in [5.41, 5.74) is -1.36. The van der Waals surface area contributed by atoms with Crippen LogP contribution in [0.3, 0.4) is 0 Å². The molecule has 2 aliphatic rings. The van der Waals surface area contributed by atoms with Crippen molar-refractivity contribution in [2.75, 3.05) is 20.0 Å². The van der Waals surface area contributed by atoms with Gasteiger partial charge in [0.25, 0.3) is 0 Å². The second kappa shape index (κ2) is 4.73. The average molecular weight is 314 g/mol. The smallest absolute Gasteiger partial charge is 0.311 e. The topological polar surface area (TPSA) is 69.7 Å². The first-order chi connectivity index (χ1) is 9.59. The third-order valence-corrected chi connectivity index (χ3v) is 7.54. The van der Waals surface area contributed by atoms with E-state index in [4.69, 9.17) is 9.47 Å². The van der Waals surface area contributed by atoms with Crippen molar-refractivity contribution < 1.29 is 23.9 Å². The molecule has 0 aromatic heterocycles. The number of carbonyl (C=O) groups excluding carboxylic acids is 3. The molecule has 2 rings (SSSR count). The number of Topliss-reactive ketones (excluding diaryl/α,β-unsaturated/α-hetero) is 1. The molecule has 0 N–H and O–H groups in total. The van der Waals surface area contributed by atoms with Gasteiger partial charge in [0.1, 0.15) is 5.78 Å². The molecule has 1 saturated carbocycles. The SMILES string of the molecule is COC(=O)C1CSC2(C1C(=O)OC)C(C)(C)C(=O)C2(C)C. The molecular formula is C15H22O5S. The second-order valence-electron chi connectivity index (χ2n) is 6.76. The molecule has 6 heteroatoms. The van der Waals surface area contributed by atoms with Gasteiger partial charge >= 0.3 is 11.9 Å². The molecule has 1 spiro atoms. The Hall–Kier alpha value is -1.04. The maximum atomic E-state index is 12.5. The van der Waals surface area contributed by atoms with Crippen LogP contribution in [0.4, 0.5) is 0 Å². The fraction of sp³-hybridized carbons (Fsp3) is 0.800. The number of carbonyl (C=O) groups is 3. The van der Waals surface area contributed by atoms with E-state index < -0.39 is 39.4 Å². The predicted molar refractivity (Wildman–Crippen MR) is 78.8 cm³/mol. The van der Waals surface area contributed by atoms with E-state index in [-0.39, 0.29) is 5.78 Å². The summed E-state index contributed by atoms with van der Waals surface area (Å²) in [6, 6.07) is 0. The van der Waals surface area contributed by atoms with E-state index in [1.807, 2.05) is 27.7 Å². The standard InChI is InChI=1S/C15H22O5S/c1-13(2)12(18)14(3,4)15(13)9(11(17)20-6)8(7-21-15)10(16)19-5/h8-9H,7H2,1-6H3. The van der Waals surface area contributed by atoms with Crippen LogP contribution < -0.4 is 0 Å². The highest BCUT2D eigenvalue weighted by atomic mass is 32.2. The summed E-state index contributed by atoms with van der Waals surface area (Å²) in [4.78, 5) is 36.9. The lowest BCUT2D eigenvalue weighted by atomic mass is 9.42. The summed E-state index contributed by atoms with van der Waals surface area (Å²) in [5, 5.41) is 0. The van der Waals surface area contributed by atoms with Gasteiger partial charge in [-0.1, -0.05) is 27.7 Å². The highest BCUT2D eigenvalue weighted by Crippen LogP contribution is 2.72. The second-order valence-corrected chi connectivity index (χ2v) is 8.02. The molecule has 5 nitrogen and oxygen atoms in total. The minimum Gasteiger partial charge on any atom is -0.469 e. The maximum Gasteiger partial charge on any atom is 0.311 e. The molecule has 0 radical (unpaired) electrons. The van der Waals surface area contributed by atoms with Crippen LogP contribution in [-0.4, -0.2) is 42.4 Å². The number of hydrogen-bond donors (Lipinski definition) is 0. The zero-order valence-electron chi connectivity index (χ0n) is 13.3. The first-order valence-electron chi connectivity index (χ1n) is 6.94. The normalized spacial score (nSPS) is 31.6. The van der Waals surface area contributed by atoms with Crippen LogP contribution in [0.15, 0.2) is 0 Å². The number of methoxy groups -OCH3 is 2. The molecule has 0 bridgehead atoms. The summed E-state index contributed by atoms with van der Waals surface area (Å²) >= 11 is 1.53. The van der Waals surface area contributed by atoms with Gasteiger partial charge in [0.15, 0.2) is 0 Å². The van der Waals surface area contributed by atoms with Gasteiger partial charge in [-0.15, -0.1) is 0 Å². The van der Waals surface area contributed by atoms with Crippen molar-refractivity contribution in [1.29, 1.82) is 0 Å². The van der Waals surface area contributed by atoms with Crippen LogP contribution in [-0.2, 0) is 23.9 Å². The molecule has 1 saturated heterocycles. The number of rotatable bonds is 2. The fourth-order valence-corrected chi connectivity index (χ4v) is 6.60. The van der Waals surface area contributed by atoms with E-state index in [1.54, 1.807) is 0 Å². The van der Waals surface area contributed by atoms with Crippen molar-refractivity contribution in [3.63, 3.8) is 0 Å². The van der Waals surface area contributed by atoms with Crippen LogP contribution in [0, 0.1) is 22.7 Å². The Labute approximate surface area is 129 Å². The van der Waals surface area contributed by atoms with Crippen molar-refractivity contribution in [1.82, 2.24) is 0 Å². The van der Waals surface area contributed by atoms with Gasteiger partial charge in [0.2, 0.25) is 0 Å². The molecule has 1 aliphatic carbocycles. The summed E-state index contributed by atoms with van der Waals surface area (Å²) < 4.78 is 9.14. The number of thioether (sulfide) groups is 1. The molecule has 2 atom stereocenters. The number of hydrogen-bond acceptors (Lipinski definition) is 6. The van der Waals surface area contributed by atoms with Crippen LogP contribution in [0.25, 0.3) is 0 Å². The molecule has 1 aliphatic heterocycles. The zero-order chi connectivity index (χ0) is 16.2. The van der Waals surface area contributed by atoms with E-state index in [2.05, 4.69) is 0 Å². The van der Waals surface area contributed by atoms with Gasteiger partial charge in [-0.3, -0.25) is 14.4 Å². The van der Waals surface area contributed by atoms with Gasteiger partial charge < -0.3 is 9.47 Å². The number of esters is 2. The van der Waals surface area contributed by atoms with Gasteiger partial charge in [-0.25, -0.2) is 0 Å². The zero-order valence-corrected chi connectivity index (χ0v) is 14.1. The third-order valence-electron chi connectivity index (χ3n) is 5.28. The Balaban J connectivity index is 2.55. The van der Waals surface area contributed by atoms with Gasteiger partial charge in [-0.05, 0) is 0 Å². The van der Waals surface area contributed by atoms with Crippen molar-refractivity contribution in [2.24, 2.45) is 22.7 Å². The monoisotopic (exact) mass is 314 g/mol. The van der Waals surface area contributed by atoms with Gasteiger partial charge in [-0.2, -0.15) is 11.8 Å². The highest BCUT2D eigenvalue weighted by molar-refractivity contribution is 8.01. The third kappa shape index (κ3) is 1.68. The molecule has 118 valence electrons. The van der Waals surface area contributed by atoms with E-state index >= 15 is 0 Å². The molecule has 2 fully saturated rings. The van der Waals surface area contributed by atoms with E-state index in [0.29, 0.717) is 5.75 Å². The number of ether oxygens (including phenoxy) is 2. The predicted octanol–water partition coefficient (Wildman–Crippen LogP) is 1.69. The largest absolute Gasteiger partial charge is 0.469 e. The molecule has 0 amide bonds. The Morgan fingerprint density at radius 2 is 1.52 bits per heavy atom. The number of ketones is 1. The Morgan fingerprint density at radius 1 is 1.05 bits per heavy atom. The summed E-state index contributed by atoms with van der Waals surface area (Å²) in [7, 11) is 2.63. The molecule has 0 aromatic rings. The lowest BCUT2D eigenvalue weighted by Crippen LogP contribution is -2.75. The van der Waals surface area contributed by atoms with Crippen molar-refractivity contribution in [3.8, 4) is 0 Å². The maximum absolute atomic E-state index is 12.5. The van der Waals surface area contributed by atoms with Crippen LogP contribution in [0.5, 0.6) is 0 Å². The van der Waals surface area contributed by atoms with Gasteiger partial charge in [0.05, 0.1) is 30.8 Å². The molecule has 0 aromatic carbocycles. The lowest BCUT2D eigenvalue weighted by Gasteiger charge is -2.65. The van der Waals surface area contributed by atoms with Crippen molar-refractivity contribution in [3.05, 3.63) is 0 Å². The minimum absolute atomic E-state index is 0.113. The molecule has 1 heterocycles. The van der Waals surface area contributed by atoms with E-state index in [1.165, 1.54) is 26.0 Å². The van der Waals surface area contributed by atoms with Crippen molar-refractivity contribution >= 4 is 29.5 Å². The molecular weight excluding hydrogens is 292 g/mol. The summed E-state index contributed by atoms with van der Waals surface area (Å²) in [6.07, 6.45) is 0. The molecule has 2 unspecified atom stereocenters. The van der Waals surface area contributed by atoms with Gasteiger partial charge in [0, 0.05) is 16.6 Å². The van der Waals surface area contributed by atoms with Crippen molar-refractivity contribution in [2.45, 2.75) is 32.4 Å². The molecule has 21 heavy (non-hydrogen) atoms. The lowest BCUT2D eigenvalue weighted by molar-refractivity contribution is -0.177. The van der Waals surface area contributed by atoms with E-state index in [0.717, 1.165) is 0 Å². The van der Waals surface area contributed by atoms with Crippen LogP contribution >= 0.6 is 11.8 Å². The average Bonchev–Trinajstić information content (AvgIpc) is 2.87. The first kappa shape index (κ1) is 16.3. The van der Waals surface area contributed by atoms with Crippen LogP contribution in [0.2, 0.25) is 0 Å². The fourth-order valence-electron chi connectivity index (χ4n) is 4.48. The Bertz CT molecular complexity index is 490. The Morgan fingerprint density at radius 3 is 1.95 bits per heavy atom. The quantitative estimate of drug-likeness (QED) is 0.722. The van der Waals surface area contributed by atoms with Crippen LogP contribution in [0.1, 0.15) is 27.7 Å². The Kier molecular flexibility index (Phi) is 3.68.